The van der Waals surface area contributed by atoms with Gasteiger partial charge in [-0.05, 0) is 121 Å². The van der Waals surface area contributed by atoms with Gasteiger partial charge >= 0.3 is 0 Å². The highest BCUT2D eigenvalue weighted by atomic mass is 15.1. The van der Waals surface area contributed by atoms with Crippen molar-refractivity contribution in [3.8, 4) is 61.3 Å². The smallest absolute Gasteiger partial charge is 0.0713 e. The van der Waals surface area contributed by atoms with Gasteiger partial charge in [0.2, 0.25) is 0 Å². The summed E-state index contributed by atoms with van der Waals surface area (Å²) in [5.74, 6) is 0. The summed E-state index contributed by atoms with van der Waals surface area (Å²) in [6.07, 6.45) is 0. The Labute approximate surface area is 461 Å². The Hall–Kier alpha value is -10.3. The zero-order valence-corrected chi connectivity index (χ0v) is 43.4. The molecule has 0 saturated carbocycles. The molecule has 1 aliphatic carbocycles. The maximum absolute atomic E-state index is 2.52. The third-order valence-corrected chi connectivity index (χ3v) is 16.5. The van der Waals surface area contributed by atoms with Crippen LogP contribution in [0, 0.1) is 0 Å². The molecule has 1 aromatic heterocycles. The van der Waals surface area contributed by atoms with Gasteiger partial charge in [-0.3, -0.25) is 0 Å². The zero-order chi connectivity index (χ0) is 52.3. The zero-order valence-electron chi connectivity index (χ0n) is 43.4. The van der Waals surface area contributed by atoms with Crippen LogP contribution in [0.15, 0.2) is 315 Å². The van der Waals surface area contributed by atoms with Gasteiger partial charge in [0, 0.05) is 38.8 Å². The van der Waals surface area contributed by atoms with Crippen molar-refractivity contribution in [2.45, 2.75) is 5.41 Å². The molecule has 370 valence electrons. The fraction of sp³-hybridized carbons (Fsp3) is 0.0130. The molecule has 14 aromatic rings. The van der Waals surface area contributed by atoms with Gasteiger partial charge in [0.25, 0.3) is 0 Å². The van der Waals surface area contributed by atoms with Gasteiger partial charge in [-0.2, -0.15) is 0 Å². The van der Waals surface area contributed by atoms with Crippen molar-refractivity contribution in [3.05, 3.63) is 338 Å². The lowest BCUT2D eigenvalue weighted by Crippen LogP contribution is -2.28. The SMILES string of the molecule is c1ccc(-c2cccc3cccc(-c4ccccc4N(c4cccc(-c5cccc6c7ccccc7n(-c7ccccc7)c56)c4)c4ccccc4-c4ccc5c(c4)C(c4ccccc4)(c4ccccc4)c4ccccc4-5)c23)cc1. The van der Waals surface area contributed by atoms with Crippen LogP contribution in [0.5, 0.6) is 0 Å². The summed E-state index contributed by atoms with van der Waals surface area (Å²) in [5.41, 5.74) is 23.0. The van der Waals surface area contributed by atoms with Crippen LogP contribution in [0.3, 0.4) is 0 Å². The lowest BCUT2D eigenvalue weighted by Gasteiger charge is -2.34. The van der Waals surface area contributed by atoms with E-state index in [4.69, 9.17) is 0 Å². The molecule has 0 radical (unpaired) electrons. The second kappa shape index (κ2) is 19.1. The molecule has 79 heavy (non-hydrogen) atoms. The molecule has 0 saturated heterocycles. The maximum Gasteiger partial charge on any atom is 0.0713 e. The first-order valence-electron chi connectivity index (χ1n) is 27.3. The summed E-state index contributed by atoms with van der Waals surface area (Å²) in [6, 6.07) is 116. The summed E-state index contributed by atoms with van der Waals surface area (Å²) < 4.78 is 2.44. The van der Waals surface area contributed by atoms with Crippen LogP contribution in [-0.2, 0) is 5.41 Å². The molecule has 0 bridgehead atoms. The molecular formula is C77H52N2. The van der Waals surface area contributed by atoms with Gasteiger partial charge in [-0.15, -0.1) is 0 Å². The number of benzene rings is 13. The minimum Gasteiger partial charge on any atom is -0.309 e. The molecule has 2 nitrogen and oxygen atoms in total. The van der Waals surface area contributed by atoms with E-state index in [-0.39, 0.29) is 0 Å². The lowest BCUT2D eigenvalue weighted by molar-refractivity contribution is 0.769. The van der Waals surface area contributed by atoms with Gasteiger partial charge in [0.1, 0.15) is 0 Å². The van der Waals surface area contributed by atoms with Crippen molar-refractivity contribution in [1.29, 1.82) is 0 Å². The van der Waals surface area contributed by atoms with Crippen molar-refractivity contribution in [2.75, 3.05) is 4.90 Å². The van der Waals surface area contributed by atoms with E-state index < -0.39 is 5.41 Å². The van der Waals surface area contributed by atoms with Crippen molar-refractivity contribution in [2.24, 2.45) is 0 Å². The van der Waals surface area contributed by atoms with E-state index in [1.807, 2.05) is 0 Å². The molecule has 1 heterocycles. The minimum absolute atomic E-state index is 0.548. The van der Waals surface area contributed by atoms with Crippen LogP contribution in [0.25, 0.3) is 93.9 Å². The van der Waals surface area contributed by atoms with Crippen LogP contribution in [0.2, 0.25) is 0 Å². The monoisotopic (exact) mass is 1000 g/mol. The molecule has 15 rings (SSSR count). The summed E-state index contributed by atoms with van der Waals surface area (Å²) >= 11 is 0. The summed E-state index contributed by atoms with van der Waals surface area (Å²) in [7, 11) is 0. The first-order chi connectivity index (χ1) is 39.2. The van der Waals surface area contributed by atoms with Gasteiger partial charge in [-0.1, -0.05) is 267 Å². The van der Waals surface area contributed by atoms with E-state index in [9.17, 15) is 0 Å². The lowest BCUT2D eigenvalue weighted by atomic mass is 9.67. The van der Waals surface area contributed by atoms with Crippen molar-refractivity contribution in [1.82, 2.24) is 4.57 Å². The number of rotatable bonds is 10. The first-order valence-corrected chi connectivity index (χ1v) is 27.3. The average molecular weight is 1010 g/mol. The second-order valence-corrected chi connectivity index (χ2v) is 20.7. The quantitative estimate of drug-likeness (QED) is 0.133. The predicted octanol–water partition coefficient (Wildman–Crippen LogP) is 20.4. The standard InChI is InChI=1S/C77H52N2/c1-5-25-53(26-6-1)62-41-22-27-54-28-23-43-68(75(54)62)66-39-15-19-47-73(66)78(60-36-21-29-55(51-60)63-42-24-44-69-67-40-16-20-48-74(67)79(76(63)69)59-34-11-4-12-35-59)72-46-18-14-37-61(72)56-49-50-65-64-38-13-17-45-70(64)77(71(65)52-56,57-30-7-2-8-31-57)58-32-9-3-10-33-58/h1-52H. The van der Waals surface area contributed by atoms with E-state index in [1.165, 1.54) is 88.2 Å². The number of para-hydroxylation sites is 5. The Kier molecular flexibility index (Phi) is 11.1. The average Bonchev–Trinajstić information content (AvgIpc) is 4.09. The molecule has 0 N–H and O–H groups in total. The van der Waals surface area contributed by atoms with Crippen LogP contribution >= 0.6 is 0 Å². The fourth-order valence-corrected chi connectivity index (χ4v) is 13.2. The number of hydrogen-bond acceptors (Lipinski definition) is 1. The highest BCUT2D eigenvalue weighted by Crippen LogP contribution is 2.57. The van der Waals surface area contributed by atoms with Crippen LogP contribution in [0.1, 0.15) is 22.3 Å². The van der Waals surface area contributed by atoms with Gasteiger partial charge in [-0.25, -0.2) is 0 Å². The van der Waals surface area contributed by atoms with Crippen molar-refractivity contribution >= 4 is 49.6 Å². The Balaban J connectivity index is 0.991. The summed E-state index contributed by atoms with van der Waals surface area (Å²) in [5, 5.41) is 4.88. The first kappa shape index (κ1) is 46.1. The highest BCUT2D eigenvalue weighted by molar-refractivity contribution is 6.14. The second-order valence-electron chi connectivity index (χ2n) is 20.7. The Morgan fingerprint density at radius 1 is 0.291 bits per heavy atom. The maximum atomic E-state index is 2.52. The molecular weight excluding hydrogens is 953 g/mol. The third-order valence-electron chi connectivity index (χ3n) is 16.5. The molecule has 0 unspecified atom stereocenters. The minimum atomic E-state index is -0.548. The molecule has 0 amide bonds. The topological polar surface area (TPSA) is 8.17 Å². The molecule has 13 aromatic carbocycles. The molecule has 0 fully saturated rings. The molecule has 0 aliphatic heterocycles. The van der Waals surface area contributed by atoms with Gasteiger partial charge in [0.05, 0.1) is 27.8 Å². The Morgan fingerprint density at radius 2 is 0.797 bits per heavy atom. The largest absolute Gasteiger partial charge is 0.309 e. The highest BCUT2D eigenvalue weighted by Gasteiger charge is 2.46. The normalized spacial score (nSPS) is 12.4. The summed E-state index contributed by atoms with van der Waals surface area (Å²) in [4.78, 5) is 2.52. The number of anilines is 3. The molecule has 2 heteroatoms. The number of fused-ring (bicyclic) bond motifs is 7. The van der Waals surface area contributed by atoms with E-state index >= 15 is 0 Å². The van der Waals surface area contributed by atoms with Crippen LogP contribution in [0.4, 0.5) is 17.1 Å². The third kappa shape index (κ3) is 7.41. The molecule has 0 spiro atoms. The Morgan fingerprint density at radius 3 is 1.54 bits per heavy atom. The van der Waals surface area contributed by atoms with E-state index in [2.05, 4.69) is 325 Å². The number of nitrogens with zero attached hydrogens (tertiary/aromatic N) is 2. The fourth-order valence-electron chi connectivity index (χ4n) is 13.2. The summed E-state index contributed by atoms with van der Waals surface area (Å²) in [6.45, 7) is 0. The van der Waals surface area contributed by atoms with E-state index in [0.717, 1.165) is 45.0 Å². The van der Waals surface area contributed by atoms with E-state index in [0.29, 0.717) is 0 Å². The van der Waals surface area contributed by atoms with Crippen LogP contribution < -0.4 is 4.90 Å². The van der Waals surface area contributed by atoms with Gasteiger partial charge < -0.3 is 9.47 Å². The number of hydrogen-bond donors (Lipinski definition) is 0. The number of aromatic nitrogens is 1. The van der Waals surface area contributed by atoms with Crippen LogP contribution in [-0.4, -0.2) is 4.57 Å². The van der Waals surface area contributed by atoms with Crippen molar-refractivity contribution in [3.63, 3.8) is 0 Å². The van der Waals surface area contributed by atoms with Gasteiger partial charge in [0.15, 0.2) is 0 Å². The predicted molar refractivity (Wildman–Crippen MR) is 332 cm³/mol. The van der Waals surface area contributed by atoms with E-state index in [1.54, 1.807) is 0 Å². The van der Waals surface area contributed by atoms with Crippen molar-refractivity contribution < 1.29 is 0 Å². The molecule has 1 aliphatic rings. The Bertz CT molecular complexity index is 4550. The molecule has 0 atom stereocenters.